The normalized spacial score (nSPS) is 13.9. The zero-order valence-electron chi connectivity index (χ0n) is 12.0. The predicted molar refractivity (Wildman–Crippen MR) is 76.9 cm³/mol. The molecule has 0 aromatic heterocycles. The minimum absolute atomic E-state index is 0.0333. The third kappa shape index (κ3) is 4.56. The molecule has 19 heavy (non-hydrogen) atoms. The second kappa shape index (κ2) is 7.14. The van der Waals surface area contributed by atoms with E-state index < -0.39 is 6.04 Å². The number of phenols is 1. The zero-order valence-corrected chi connectivity index (χ0v) is 12.0. The van der Waals surface area contributed by atoms with Crippen LogP contribution in [0.15, 0.2) is 24.3 Å². The lowest BCUT2D eigenvalue weighted by atomic mass is 10.0. The van der Waals surface area contributed by atoms with E-state index in [9.17, 15) is 9.90 Å². The van der Waals surface area contributed by atoms with Crippen molar-refractivity contribution in [3.63, 3.8) is 0 Å². The molecule has 4 nitrogen and oxygen atoms in total. The van der Waals surface area contributed by atoms with Gasteiger partial charge in [-0.3, -0.25) is 4.79 Å². The molecule has 1 aromatic rings. The molecule has 1 rings (SSSR count). The Morgan fingerprint density at radius 2 is 1.95 bits per heavy atom. The van der Waals surface area contributed by atoms with Gasteiger partial charge in [0.15, 0.2) is 0 Å². The number of benzene rings is 1. The predicted octanol–water partition coefficient (Wildman–Crippen LogP) is 1.91. The summed E-state index contributed by atoms with van der Waals surface area (Å²) in [6.07, 6.45) is 2.52. The highest BCUT2D eigenvalue weighted by Gasteiger charge is 2.21. The molecule has 0 aliphatic rings. The fraction of sp³-hybridized carbons (Fsp3) is 0.533. The molecule has 0 heterocycles. The topological polar surface area (TPSA) is 66.6 Å². The monoisotopic (exact) mass is 264 g/mol. The standard InChI is InChI=1S/C15H24N2O2/c1-4-5-11(2)17(3)15(19)14(16)10-12-6-8-13(18)9-7-12/h6-9,11,14,18H,4-5,10,16H2,1-3H3/t11?,14-/m1/s1. The van der Waals surface area contributed by atoms with Gasteiger partial charge in [0.05, 0.1) is 6.04 Å². The Morgan fingerprint density at radius 1 is 1.37 bits per heavy atom. The summed E-state index contributed by atoms with van der Waals surface area (Å²) in [7, 11) is 1.80. The van der Waals surface area contributed by atoms with Crippen molar-refractivity contribution in [1.82, 2.24) is 4.90 Å². The summed E-state index contributed by atoms with van der Waals surface area (Å²) in [6.45, 7) is 4.14. The Kier molecular flexibility index (Phi) is 5.83. The van der Waals surface area contributed by atoms with Crippen molar-refractivity contribution in [1.29, 1.82) is 0 Å². The number of aromatic hydroxyl groups is 1. The van der Waals surface area contributed by atoms with Gasteiger partial charge in [0.25, 0.3) is 0 Å². The average Bonchev–Trinajstić information content (AvgIpc) is 2.39. The molecule has 1 amide bonds. The molecule has 0 spiro atoms. The summed E-state index contributed by atoms with van der Waals surface area (Å²) in [5, 5.41) is 9.21. The van der Waals surface area contributed by atoms with Crippen LogP contribution in [0.3, 0.4) is 0 Å². The minimum atomic E-state index is -0.533. The van der Waals surface area contributed by atoms with Crippen LogP contribution in [0.5, 0.6) is 5.75 Å². The molecule has 1 aromatic carbocycles. The van der Waals surface area contributed by atoms with Crippen LogP contribution in [0.4, 0.5) is 0 Å². The van der Waals surface area contributed by atoms with E-state index in [2.05, 4.69) is 6.92 Å². The van der Waals surface area contributed by atoms with Crippen LogP contribution in [0, 0.1) is 0 Å². The summed E-state index contributed by atoms with van der Waals surface area (Å²) in [6, 6.07) is 6.47. The summed E-state index contributed by atoms with van der Waals surface area (Å²) in [4.78, 5) is 13.9. The number of hydrogen-bond acceptors (Lipinski definition) is 3. The molecule has 0 bridgehead atoms. The van der Waals surface area contributed by atoms with Gasteiger partial charge in [-0.05, 0) is 37.5 Å². The summed E-state index contributed by atoms with van der Waals surface area (Å²) in [5.74, 6) is 0.186. The van der Waals surface area contributed by atoms with E-state index in [1.807, 2.05) is 6.92 Å². The maximum Gasteiger partial charge on any atom is 0.239 e. The fourth-order valence-corrected chi connectivity index (χ4v) is 2.06. The van der Waals surface area contributed by atoms with Gasteiger partial charge in [0.2, 0.25) is 5.91 Å². The summed E-state index contributed by atoms with van der Waals surface area (Å²) >= 11 is 0. The second-order valence-electron chi connectivity index (χ2n) is 5.06. The van der Waals surface area contributed by atoms with Crippen molar-refractivity contribution in [3.8, 4) is 5.75 Å². The van der Waals surface area contributed by atoms with Gasteiger partial charge in [-0.1, -0.05) is 25.5 Å². The highest BCUT2D eigenvalue weighted by molar-refractivity contribution is 5.82. The average molecular weight is 264 g/mol. The largest absolute Gasteiger partial charge is 0.508 e. The first-order chi connectivity index (χ1) is 8.95. The van der Waals surface area contributed by atoms with E-state index in [0.717, 1.165) is 18.4 Å². The van der Waals surface area contributed by atoms with Crippen molar-refractivity contribution in [2.75, 3.05) is 7.05 Å². The molecule has 0 aliphatic carbocycles. The molecule has 1 unspecified atom stereocenters. The number of nitrogens with zero attached hydrogens (tertiary/aromatic N) is 1. The number of hydrogen-bond donors (Lipinski definition) is 2. The van der Waals surface area contributed by atoms with Gasteiger partial charge in [-0.15, -0.1) is 0 Å². The molecule has 0 saturated carbocycles. The molecular weight excluding hydrogens is 240 g/mol. The van der Waals surface area contributed by atoms with Crippen molar-refractivity contribution >= 4 is 5.91 Å². The van der Waals surface area contributed by atoms with E-state index in [4.69, 9.17) is 5.73 Å². The van der Waals surface area contributed by atoms with Crippen molar-refractivity contribution in [2.45, 2.75) is 45.2 Å². The molecular formula is C15H24N2O2. The molecule has 0 fully saturated rings. The zero-order chi connectivity index (χ0) is 14.4. The molecule has 0 aliphatic heterocycles. The van der Waals surface area contributed by atoms with E-state index in [1.54, 1.807) is 36.2 Å². The fourth-order valence-electron chi connectivity index (χ4n) is 2.06. The summed E-state index contributed by atoms with van der Waals surface area (Å²) < 4.78 is 0. The highest BCUT2D eigenvalue weighted by atomic mass is 16.3. The third-order valence-corrected chi connectivity index (χ3v) is 3.42. The third-order valence-electron chi connectivity index (χ3n) is 3.42. The van der Waals surface area contributed by atoms with Gasteiger partial charge in [-0.2, -0.15) is 0 Å². The van der Waals surface area contributed by atoms with E-state index in [-0.39, 0.29) is 17.7 Å². The van der Waals surface area contributed by atoms with E-state index in [1.165, 1.54) is 0 Å². The quantitative estimate of drug-likeness (QED) is 0.824. The molecule has 0 saturated heterocycles. The van der Waals surface area contributed by atoms with Crippen molar-refractivity contribution < 1.29 is 9.90 Å². The van der Waals surface area contributed by atoms with Crippen LogP contribution < -0.4 is 5.73 Å². The molecule has 106 valence electrons. The van der Waals surface area contributed by atoms with Gasteiger partial charge in [0.1, 0.15) is 5.75 Å². The van der Waals surface area contributed by atoms with Gasteiger partial charge < -0.3 is 15.7 Å². The SMILES string of the molecule is CCCC(C)N(C)C(=O)[C@H](N)Cc1ccc(O)cc1. The number of rotatable bonds is 6. The lowest BCUT2D eigenvalue weighted by molar-refractivity contribution is -0.133. The van der Waals surface area contributed by atoms with Gasteiger partial charge in [-0.25, -0.2) is 0 Å². The summed E-state index contributed by atoms with van der Waals surface area (Å²) in [5.41, 5.74) is 6.92. The van der Waals surface area contributed by atoms with Crippen LogP contribution in [-0.2, 0) is 11.2 Å². The Balaban J connectivity index is 2.59. The number of carbonyl (C=O) groups excluding carboxylic acids is 1. The Labute approximate surface area is 115 Å². The number of phenolic OH excluding ortho intramolecular Hbond substituents is 1. The van der Waals surface area contributed by atoms with Crippen LogP contribution in [0.1, 0.15) is 32.3 Å². The maximum absolute atomic E-state index is 12.2. The minimum Gasteiger partial charge on any atom is -0.508 e. The maximum atomic E-state index is 12.2. The molecule has 0 radical (unpaired) electrons. The number of carbonyl (C=O) groups is 1. The first kappa shape index (κ1) is 15.5. The van der Waals surface area contributed by atoms with E-state index in [0.29, 0.717) is 6.42 Å². The Bertz CT molecular complexity index is 403. The number of likely N-dealkylation sites (N-methyl/N-ethyl adjacent to an activating group) is 1. The smallest absolute Gasteiger partial charge is 0.239 e. The lowest BCUT2D eigenvalue weighted by Crippen LogP contribution is -2.46. The van der Waals surface area contributed by atoms with Crippen LogP contribution in [0.2, 0.25) is 0 Å². The Hall–Kier alpha value is -1.55. The van der Waals surface area contributed by atoms with E-state index >= 15 is 0 Å². The first-order valence-electron chi connectivity index (χ1n) is 6.75. The molecule has 3 N–H and O–H groups in total. The number of amides is 1. The Morgan fingerprint density at radius 3 is 2.47 bits per heavy atom. The van der Waals surface area contributed by atoms with Crippen LogP contribution in [0.25, 0.3) is 0 Å². The first-order valence-corrected chi connectivity index (χ1v) is 6.75. The molecule has 4 heteroatoms. The second-order valence-corrected chi connectivity index (χ2v) is 5.06. The van der Waals surface area contributed by atoms with Crippen molar-refractivity contribution in [2.24, 2.45) is 5.73 Å². The van der Waals surface area contributed by atoms with Crippen LogP contribution >= 0.6 is 0 Å². The lowest BCUT2D eigenvalue weighted by Gasteiger charge is -2.27. The van der Waals surface area contributed by atoms with Gasteiger partial charge in [0, 0.05) is 13.1 Å². The van der Waals surface area contributed by atoms with Crippen LogP contribution in [-0.4, -0.2) is 35.0 Å². The highest BCUT2D eigenvalue weighted by Crippen LogP contribution is 2.12. The van der Waals surface area contributed by atoms with Crippen molar-refractivity contribution in [3.05, 3.63) is 29.8 Å². The molecule has 2 atom stereocenters. The number of nitrogens with two attached hydrogens (primary N) is 1. The van der Waals surface area contributed by atoms with Gasteiger partial charge >= 0.3 is 0 Å².